The SMILES string of the molecule is CCCNC(=N)NC(=O)C(C)c1ccccc1C(F)(F)F. The Labute approximate surface area is 121 Å². The van der Waals surface area contributed by atoms with Gasteiger partial charge in [-0.2, -0.15) is 13.2 Å². The van der Waals surface area contributed by atoms with E-state index in [4.69, 9.17) is 5.41 Å². The van der Waals surface area contributed by atoms with E-state index >= 15 is 0 Å². The number of carbonyl (C=O) groups excluding carboxylic acids is 1. The first-order chi connectivity index (χ1) is 9.77. The zero-order valence-electron chi connectivity index (χ0n) is 11.8. The van der Waals surface area contributed by atoms with Gasteiger partial charge in [-0.1, -0.05) is 25.1 Å². The van der Waals surface area contributed by atoms with E-state index in [-0.39, 0.29) is 11.5 Å². The zero-order valence-corrected chi connectivity index (χ0v) is 11.8. The van der Waals surface area contributed by atoms with Crippen LogP contribution in [0.4, 0.5) is 13.2 Å². The number of amides is 1. The van der Waals surface area contributed by atoms with E-state index in [2.05, 4.69) is 10.6 Å². The Balaban J connectivity index is 2.86. The van der Waals surface area contributed by atoms with Crippen LogP contribution in [-0.2, 0) is 11.0 Å². The lowest BCUT2D eigenvalue weighted by Crippen LogP contribution is -2.42. The average Bonchev–Trinajstić information content (AvgIpc) is 2.43. The molecule has 0 aliphatic heterocycles. The molecular formula is C14H18F3N3O. The summed E-state index contributed by atoms with van der Waals surface area (Å²) in [4.78, 5) is 11.9. The molecule has 4 nitrogen and oxygen atoms in total. The number of benzene rings is 1. The molecule has 116 valence electrons. The lowest BCUT2D eigenvalue weighted by atomic mass is 9.94. The van der Waals surface area contributed by atoms with Gasteiger partial charge >= 0.3 is 6.18 Å². The fraction of sp³-hybridized carbons (Fsp3) is 0.429. The molecule has 1 unspecified atom stereocenters. The second-order valence-electron chi connectivity index (χ2n) is 4.60. The monoisotopic (exact) mass is 301 g/mol. The molecule has 0 saturated heterocycles. The minimum Gasteiger partial charge on any atom is -0.356 e. The number of guanidine groups is 1. The summed E-state index contributed by atoms with van der Waals surface area (Å²) in [6.07, 6.45) is -3.75. The number of carbonyl (C=O) groups is 1. The summed E-state index contributed by atoms with van der Waals surface area (Å²) >= 11 is 0. The lowest BCUT2D eigenvalue weighted by molar-refractivity contribution is -0.138. The largest absolute Gasteiger partial charge is 0.416 e. The van der Waals surface area contributed by atoms with Crippen LogP contribution in [-0.4, -0.2) is 18.4 Å². The maximum atomic E-state index is 12.9. The molecule has 0 bridgehead atoms. The van der Waals surface area contributed by atoms with Crippen LogP contribution in [0.1, 0.15) is 37.3 Å². The molecule has 0 saturated carbocycles. The number of nitrogens with one attached hydrogen (secondary N) is 3. The molecule has 0 aliphatic carbocycles. The van der Waals surface area contributed by atoms with Gasteiger partial charge in [0.25, 0.3) is 0 Å². The topological polar surface area (TPSA) is 65.0 Å². The van der Waals surface area contributed by atoms with Gasteiger partial charge in [0.1, 0.15) is 0 Å². The molecule has 0 spiro atoms. The minimum absolute atomic E-state index is 0.106. The van der Waals surface area contributed by atoms with Gasteiger partial charge < -0.3 is 5.32 Å². The normalized spacial score (nSPS) is 12.6. The first-order valence-corrected chi connectivity index (χ1v) is 6.56. The summed E-state index contributed by atoms with van der Waals surface area (Å²) in [6.45, 7) is 3.78. The maximum Gasteiger partial charge on any atom is 0.416 e. The van der Waals surface area contributed by atoms with Crippen molar-refractivity contribution in [2.24, 2.45) is 0 Å². The van der Waals surface area contributed by atoms with Gasteiger partial charge in [0.15, 0.2) is 5.96 Å². The van der Waals surface area contributed by atoms with E-state index in [1.807, 2.05) is 6.92 Å². The van der Waals surface area contributed by atoms with Gasteiger partial charge in [-0.15, -0.1) is 0 Å². The van der Waals surface area contributed by atoms with Gasteiger partial charge in [0.05, 0.1) is 11.5 Å². The summed E-state index contributed by atoms with van der Waals surface area (Å²) in [6, 6.07) is 4.95. The molecule has 1 rings (SSSR count). The van der Waals surface area contributed by atoms with Crippen molar-refractivity contribution < 1.29 is 18.0 Å². The third-order valence-electron chi connectivity index (χ3n) is 2.93. The van der Waals surface area contributed by atoms with Gasteiger partial charge in [-0.05, 0) is 25.0 Å². The van der Waals surface area contributed by atoms with Crippen LogP contribution in [0.2, 0.25) is 0 Å². The third kappa shape index (κ3) is 4.77. The van der Waals surface area contributed by atoms with Crippen molar-refractivity contribution in [3.8, 4) is 0 Å². The smallest absolute Gasteiger partial charge is 0.356 e. The predicted octanol–water partition coefficient (Wildman–Crippen LogP) is 2.86. The molecule has 0 radical (unpaired) electrons. The highest BCUT2D eigenvalue weighted by molar-refractivity contribution is 5.98. The third-order valence-corrected chi connectivity index (χ3v) is 2.93. The van der Waals surface area contributed by atoms with E-state index in [9.17, 15) is 18.0 Å². The summed E-state index contributed by atoms with van der Waals surface area (Å²) in [7, 11) is 0. The van der Waals surface area contributed by atoms with Crippen LogP contribution >= 0.6 is 0 Å². The molecule has 1 amide bonds. The van der Waals surface area contributed by atoms with E-state index in [1.165, 1.54) is 25.1 Å². The summed E-state index contributed by atoms with van der Waals surface area (Å²) in [5.74, 6) is -1.87. The molecule has 3 N–H and O–H groups in total. The van der Waals surface area contributed by atoms with Crippen LogP contribution < -0.4 is 10.6 Å². The van der Waals surface area contributed by atoms with Crippen molar-refractivity contribution in [3.63, 3.8) is 0 Å². The van der Waals surface area contributed by atoms with Gasteiger partial charge in [-0.3, -0.25) is 15.5 Å². The Morgan fingerprint density at radius 3 is 2.52 bits per heavy atom. The van der Waals surface area contributed by atoms with Crippen molar-refractivity contribution in [1.82, 2.24) is 10.6 Å². The Kier molecular flexibility index (Phi) is 5.75. The standard InChI is InChI=1S/C14H18F3N3O/c1-3-8-19-13(18)20-12(21)9(2)10-6-4-5-7-11(10)14(15,16)17/h4-7,9H,3,8H2,1-2H3,(H3,18,19,20,21). The summed E-state index contributed by atoms with van der Waals surface area (Å²) in [5, 5.41) is 12.4. The van der Waals surface area contributed by atoms with E-state index in [1.54, 1.807) is 0 Å². The highest BCUT2D eigenvalue weighted by Crippen LogP contribution is 2.35. The zero-order chi connectivity index (χ0) is 16.0. The van der Waals surface area contributed by atoms with E-state index in [0.29, 0.717) is 6.54 Å². The van der Waals surface area contributed by atoms with Crippen molar-refractivity contribution in [1.29, 1.82) is 5.41 Å². The first-order valence-electron chi connectivity index (χ1n) is 6.56. The molecule has 0 aromatic heterocycles. The Morgan fingerprint density at radius 2 is 1.95 bits per heavy atom. The van der Waals surface area contributed by atoms with Crippen molar-refractivity contribution in [2.75, 3.05) is 6.54 Å². The Bertz CT molecular complexity index is 514. The van der Waals surface area contributed by atoms with Crippen LogP contribution in [0.5, 0.6) is 0 Å². The fourth-order valence-corrected chi connectivity index (χ4v) is 1.80. The number of alkyl halides is 3. The van der Waals surface area contributed by atoms with Crippen molar-refractivity contribution >= 4 is 11.9 Å². The quantitative estimate of drug-likeness (QED) is 0.591. The number of hydrogen-bond acceptors (Lipinski definition) is 2. The number of halogens is 3. The molecule has 0 aliphatic rings. The number of rotatable bonds is 4. The lowest BCUT2D eigenvalue weighted by Gasteiger charge is -2.18. The van der Waals surface area contributed by atoms with Gasteiger partial charge in [0.2, 0.25) is 5.91 Å². The average molecular weight is 301 g/mol. The molecular weight excluding hydrogens is 283 g/mol. The fourth-order valence-electron chi connectivity index (χ4n) is 1.80. The van der Waals surface area contributed by atoms with Gasteiger partial charge in [-0.25, -0.2) is 0 Å². The van der Waals surface area contributed by atoms with Crippen LogP contribution in [0.15, 0.2) is 24.3 Å². The van der Waals surface area contributed by atoms with Crippen molar-refractivity contribution in [2.45, 2.75) is 32.4 Å². The molecule has 1 aromatic carbocycles. The Morgan fingerprint density at radius 1 is 1.33 bits per heavy atom. The molecule has 1 aromatic rings. The van der Waals surface area contributed by atoms with E-state index < -0.39 is 23.6 Å². The Hall–Kier alpha value is -2.05. The molecule has 0 fully saturated rings. The highest BCUT2D eigenvalue weighted by atomic mass is 19.4. The first kappa shape index (κ1) is 17.0. The highest BCUT2D eigenvalue weighted by Gasteiger charge is 2.35. The molecule has 21 heavy (non-hydrogen) atoms. The summed E-state index contributed by atoms with van der Waals surface area (Å²) in [5.41, 5.74) is -0.938. The van der Waals surface area contributed by atoms with Gasteiger partial charge in [0, 0.05) is 6.54 Å². The number of hydrogen-bond donors (Lipinski definition) is 3. The van der Waals surface area contributed by atoms with Crippen LogP contribution in [0, 0.1) is 5.41 Å². The molecule has 1 atom stereocenters. The predicted molar refractivity (Wildman–Crippen MR) is 74.0 cm³/mol. The minimum atomic E-state index is -4.51. The van der Waals surface area contributed by atoms with Crippen molar-refractivity contribution in [3.05, 3.63) is 35.4 Å². The second-order valence-corrected chi connectivity index (χ2v) is 4.60. The molecule has 0 heterocycles. The van der Waals surface area contributed by atoms with Crippen LogP contribution in [0.3, 0.4) is 0 Å². The van der Waals surface area contributed by atoms with Crippen LogP contribution in [0.25, 0.3) is 0 Å². The summed E-state index contributed by atoms with van der Waals surface area (Å²) < 4.78 is 38.7. The molecule has 7 heteroatoms. The van der Waals surface area contributed by atoms with E-state index in [0.717, 1.165) is 12.5 Å². The second kappa shape index (κ2) is 7.10. The maximum absolute atomic E-state index is 12.9.